The molecule has 0 saturated carbocycles. The first-order valence-corrected chi connectivity index (χ1v) is 9.25. The molecule has 1 amide bonds. The smallest absolute Gasteiger partial charge is 0.269 e. The number of anilines is 1. The predicted octanol–water partition coefficient (Wildman–Crippen LogP) is 3.72. The normalized spacial score (nSPS) is 11.1. The van der Waals surface area contributed by atoms with Crippen LogP contribution in [-0.4, -0.2) is 47.9 Å². The van der Waals surface area contributed by atoms with Crippen LogP contribution in [0.25, 0.3) is 10.2 Å². The van der Waals surface area contributed by atoms with Crippen LogP contribution in [0.15, 0.2) is 42.5 Å². The van der Waals surface area contributed by atoms with Gasteiger partial charge in [0, 0.05) is 30.8 Å². The topological polar surface area (TPSA) is 79.6 Å². The molecule has 8 heteroatoms. The Labute approximate surface area is 161 Å². The number of aromatic nitrogens is 1. The molecule has 7 nitrogen and oxygen atoms in total. The van der Waals surface area contributed by atoms with E-state index in [1.54, 1.807) is 4.90 Å². The van der Waals surface area contributed by atoms with Crippen molar-refractivity contribution in [1.29, 1.82) is 0 Å². The molecule has 2 aromatic carbocycles. The number of carbonyl (C=O) groups is 1. The zero-order chi connectivity index (χ0) is 19.6. The Bertz CT molecular complexity index is 982. The molecule has 0 bridgehead atoms. The third-order valence-corrected chi connectivity index (χ3v) is 5.22. The lowest BCUT2D eigenvalue weighted by atomic mass is 10.2. The first-order chi connectivity index (χ1) is 12.9. The molecule has 27 heavy (non-hydrogen) atoms. The van der Waals surface area contributed by atoms with Gasteiger partial charge in [-0.2, -0.15) is 0 Å². The highest BCUT2D eigenvalue weighted by Crippen LogP contribution is 2.31. The van der Waals surface area contributed by atoms with E-state index in [4.69, 9.17) is 0 Å². The van der Waals surface area contributed by atoms with Crippen LogP contribution in [0.5, 0.6) is 0 Å². The lowest BCUT2D eigenvalue weighted by Crippen LogP contribution is -2.36. The molecular formula is C19H20N4O3S. The van der Waals surface area contributed by atoms with E-state index < -0.39 is 4.92 Å². The number of hydrogen-bond acceptors (Lipinski definition) is 6. The summed E-state index contributed by atoms with van der Waals surface area (Å²) < 4.78 is 1.02. The molecule has 0 atom stereocenters. The molecule has 3 aromatic rings. The van der Waals surface area contributed by atoms with E-state index >= 15 is 0 Å². The number of thiazole rings is 1. The summed E-state index contributed by atoms with van der Waals surface area (Å²) in [7, 11) is 3.88. The Morgan fingerprint density at radius 1 is 1.15 bits per heavy atom. The predicted molar refractivity (Wildman–Crippen MR) is 108 cm³/mol. The van der Waals surface area contributed by atoms with Gasteiger partial charge in [0.05, 0.1) is 15.1 Å². The molecule has 0 saturated heterocycles. The van der Waals surface area contributed by atoms with E-state index in [1.165, 1.54) is 35.6 Å². The van der Waals surface area contributed by atoms with Crippen LogP contribution in [0, 0.1) is 17.0 Å². The molecule has 0 fully saturated rings. The van der Waals surface area contributed by atoms with Crippen molar-refractivity contribution in [2.45, 2.75) is 6.92 Å². The van der Waals surface area contributed by atoms with E-state index in [9.17, 15) is 14.9 Å². The number of fused-ring (bicyclic) bond motifs is 1. The monoisotopic (exact) mass is 384 g/mol. The van der Waals surface area contributed by atoms with Crippen molar-refractivity contribution in [2.75, 3.05) is 32.1 Å². The van der Waals surface area contributed by atoms with Gasteiger partial charge < -0.3 is 4.90 Å². The minimum Gasteiger partial charge on any atom is -0.308 e. The highest BCUT2D eigenvalue weighted by Gasteiger charge is 2.22. The van der Waals surface area contributed by atoms with Crippen molar-refractivity contribution in [3.8, 4) is 0 Å². The number of benzene rings is 2. The fourth-order valence-electron chi connectivity index (χ4n) is 2.66. The maximum atomic E-state index is 13.1. The SMILES string of the molecule is Cc1cccc2sc(N(CCN(C)C)C(=O)c3ccc([N+](=O)[O-])cc3)nc12. The maximum Gasteiger partial charge on any atom is 0.269 e. The van der Waals surface area contributed by atoms with Crippen molar-refractivity contribution in [3.05, 3.63) is 63.7 Å². The van der Waals surface area contributed by atoms with Crippen LogP contribution < -0.4 is 4.90 Å². The summed E-state index contributed by atoms with van der Waals surface area (Å²) in [4.78, 5) is 31.8. The van der Waals surface area contributed by atoms with Crippen molar-refractivity contribution >= 4 is 38.3 Å². The molecule has 0 aliphatic carbocycles. The van der Waals surface area contributed by atoms with Crippen LogP contribution in [0.1, 0.15) is 15.9 Å². The van der Waals surface area contributed by atoms with E-state index in [0.29, 0.717) is 23.8 Å². The molecule has 0 radical (unpaired) electrons. The lowest BCUT2D eigenvalue weighted by Gasteiger charge is -2.22. The zero-order valence-electron chi connectivity index (χ0n) is 15.4. The van der Waals surface area contributed by atoms with E-state index in [2.05, 4.69) is 4.98 Å². The van der Waals surface area contributed by atoms with Crippen molar-refractivity contribution in [1.82, 2.24) is 9.88 Å². The summed E-state index contributed by atoms with van der Waals surface area (Å²) in [5.74, 6) is -0.219. The minimum absolute atomic E-state index is 0.0398. The maximum absolute atomic E-state index is 13.1. The Balaban J connectivity index is 1.97. The molecule has 140 valence electrons. The van der Waals surface area contributed by atoms with Crippen LogP contribution in [0.3, 0.4) is 0 Å². The summed E-state index contributed by atoms with van der Waals surface area (Å²) in [6.07, 6.45) is 0. The van der Waals surface area contributed by atoms with Crippen LogP contribution in [0.4, 0.5) is 10.8 Å². The summed E-state index contributed by atoms with van der Waals surface area (Å²) in [6, 6.07) is 11.6. The van der Waals surface area contributed by atoms with Crippen molar-refractivity contribution in [3.63, 3.8) is 0 Å². The first kappa shape index (κ1) is 18.9. The van der Waals surface area contributed by atoms with Gasteiger partial charge in [0.2, 0.25) is 0 Å². The van der Waals surface area contributed by atoms with Gasteiger partial charge in [-0.15, -0.1) is 0 Å². The van der Waals surface area contributed by atoms with Crippen molar-refractivity contribution < 1.29 is 9.72 Å². The van der Waals surface area contributed by atoms with Crippen LogP contribution >= 0.6 is 11.3 Å². The number of nitro groups is 1. The molecule has 3 rings (SSSR count). The second kappa shape index (κ2) is 7.81. The fraction of sp³-hybridized carbons (Fsp3) is 0.263. The number of para-hydroxylation sites is 1. The highest BCUT2D eigenvalue weighted by molar-refractivity contribution is 7.22. The Hall–Kier alpha value is -2.84. The quantitative estimate of drug-likeness (QED) is 0.478. The van der Waals surface area contributed by atoms with Crippen LogP contribution in [-0.2, 0) is 0 Å². The van der Waals surface area contributed by atoms with Gasteiger partial charge in [-0.25, -0.2) is 4.98 Å². The van der Waals surface area contributed by atoms with Gasteiger partial charge >= 0.3 is 0 Å². The molecule has 0 aliphatic rings. The second-order valence-corrected chi connectivity index (χ2v) is 7.49. The third kappa shape index (κ3) is 4.12. The van der Waals surface area contributed by atoms with Crippen LogP contribution in [0.2, 0.25) is 0 Å². The number of rotatable bonds is 6. The summed E-state index contributed by atoms with van der Waals surface area (Å²) in [5.41, 5.74) is 2.31. The van der Waals surface area contributed by atoms with E-state index in [0.717, 1.165) is 15.8 Å². The minimum atomic E-state index is -0.478. The van der Waals surface area contributed by atoms with E-state index in [1.807, 2.05) is 44.1 Å². The Morgan fingerprint density at radius 3 is 2.44 bits per heavy atom. The van der Waals surface area contributed by atoms with Gasteiger partial charge in [0.25, 0.3) is 11.6 Å². The third-order valence-electron chi connectivity index (χ3n) is 4.18. The average Bonchev–Trinajstić information content (AvgIpc) is 3.07. The number of amides is 1. The van der Waals surface area contributed by atoms with Gasteiger partial charge in [-0.05, 0) is 44.8 Å². The molecule has 1 aromatic heterocycles. The summed E-state index contributed by atoms with van der Waals surface area (Å²) in [5, 5.41) is 11.5. The Morgan fingerprint density at radius 2 is 1.85 bits per heavy atom. The number of carbonyl (C=O) groups excluding carboxylic acids is 1. The number of nitrogens with zero attached hydrogens (tertiary/aromatic N) is 4. The van der Waals surface area contributed by atoms with Gasteiger partial charge in [0.15, 0.2) is 5.13 Å². The molecule has 0 aliphatic heterocycles. The number of nitro benzene ring substituents is 1. The molecule has 1 heterocycles. The zero-order valence-corrected chi connectivity index (χ0v) is 16.2. The lowest BCUT2D eigenvalue weighted by molar-refractivity contribution is -0.384. The van der Waals surface area contributed by atoms with Gasteiger partial charge in [-0.1, -0.05) is 23.5 Å². The highest BCUT2D eigenvalue weighted by atomic mass is 32.1. The van der Waals surface area contributed by atoms with Gasteiger partial charge in [0.1, 0.15) is 0 Å². The molecule has 0 spiro atoms. The van der Waals surface area contributed by atoms with Gasteiger partial charge in [-0.3, -0.25) is 19.8 Å². The fourth-order valence-corrected chi connectivity index (χ4v) is 3.72. The number of hydrogen-bond donors (Lipinski definition) is 0. The number of aryl methyl sites for hydroxylation is 1. The Kier molecular flexibility index (Phi) is 5.48. The summed E-state index contributed by atoms with van der Waals surface area (Å²) >= 11 is 1.47. The molecule has 0 N–H and O–H groups in total. The van der Waals surface area contributed by atoms with Crippen molar-refractivity contribution in [2.24, 2.45) is 0 Å². The standard InChI is InChI=1S/C19H20N4O3S/c1-13-5-4-6-16-17(13)20-19(27-16)22(12-11-21(2)3)18(24)14-7-9-15(10-8-14)23(25)26/h4-10H,11-12H2,1-3H3. The molecular weight excluding hydrogens is 364 g/mol. The number of non-ortho nitro benzene ring substituents is 1. The first-order valence-electron chi connectivity index (χ1n) is 8.44. The van der Waals surface area contributed by atoms with E-state index in [-0.39, 0.29) is 11.6 Å². The average molecular weight is 384 g/mol. The summed E-state index contributed by atoms with van der Waals surface area (Å²) in [6.45, 7) is 3.14. The number of likely N-dealkylation sites (N-methyl/N-ethyl adjacent to an activating group) is 1. The largest absolute Gasteiger partial charge is 0.308 e. The molecule has 0 unspecified atom stereocenters. The second-order valence-electron chi connectivity index (χ2n) is 6.48.